The summed E-state index contributed by atoms with van der Waals surface area (Å²) in [6.45, 7) is 43.2. The van der Waals surface area contributed by atoms with Crippen molar-refractivity contribution in [1.29, 1.82) is 0 Å². The van der Waals surface area contributed by atoms with Crippen molar-refractivity contribution in [3.8, 4) is 18.0 Å². The third kappa shape index (κ3) is 20.6. The fourth-order valence-corrected chi connectivity index (χ4v) is 18.7. The van der Waals surface area contributed by atoms with E-state index < -0.39 is 41.2 Å². The number of nitrogens with zero attached hydrogens (tertiary/aromatic N) is 22. The normalized spacial score (nSPS) is 21.6. The van der Waals surface area contributed by atoms with Gasteiger partial charge in [-0.15, -0.1) is 0 Å². The van der Waals surface area contributed by atoms with Gasteiger partial charge in [0.2, 0.25) is 37.4 Å². The standard InChI is InChI=1S/C33H39N7O3.C29H33F4N7O2.C28H32F4N8O2/c1-5-31(41)40-16-15-39(19-25(40)18-34-2)32-28-13-14-38(30-12-8-10-23-9-6-7-11-27(23)30)21-29(28)35-33(36-32)43-22-24-17-26(42-4)20-37(24)3;1-4-25(41)40-14-13-39(16-20(40)15-34-2)27-21-10-12-38(24-9-5-8-22(30)26(24)29(31,32)33)17-23(21)35-28(36-27)42-18-19-7-6-11-37(19)3;1-4-24(41)40-11-10-39(15-19(40)12-33-2)26-20-7-9-38(23-14-34-13-21(29)25(23)28(30,31)32)16-22(20)35-27(36-26)42-17-18-6-5-8-37(18)3/h5-12,24-26H,1,13-22H2,3-4H3;4-5,8-9,19-20H,1,6-7,10-18H2,3H3;4,13-14,18-19H,1,5-12,15-17H2,3H3/t24-,25?,26+;19-,20+;18-,19-/m010/s1. The summed E-state index contributed by atoms with van der Waals surface area (Å²) in [7, 11) is 7.89. The molecule has 6 saturated heterocycles. The summed E-state index contributed by atoms with van der Waals surface area (Å²) in [5.41, 5.74) is 2.52. The van der Waals surface area contributed by atoms with Crippen LogP contribution in [0.2, 0.25) is 0 Å². The first kappa shape index (κ1) is 91.1. The van der Waals surface area contributed by atoms with Crippen LogP contribution in [0, 0.1) is 31.4 Å². The van der Waals surface area contributed by atoms with Gasteiger partial charge in [0, 0.05) is 138 Å². The van der Waals surface area contributed by atoms with Crippen molar-refractivity contribution in [2.24, 2.45) is 0 Å². The molecule has 0 aliphatic carbocycles. The number of likely N-dealkylation sites (tertiary alicyclic amines) is 3. The first-order chi connectivity index (χ1) is 61.2. The van der Waals surface area contributed by atoms with Crippen LogP contribution in [0.15, 0.2) is 111 Å². The van der Waals surface area contributed by atoms with E-state index in [9.17, 15) is 49.5 Å². The maximum absolute atomic E-state index is 14.4. The van der Waals surface area contributed by atoms with Gasteiger partial charge in [0.25, 0.3) is 0 Å². The number of amides is 3. The fraction of sp³-hybridized carbons (Fsp3) is 0.500. The van der Waals surface area contributed by atoms with Crippen LogP contribution < -0.4 is 43.6 Å². The molecular formula is C90H104F8N22O7. The summed E-state index contributed by atoms with van der Waals surface area (Å²) in [4.78, 5) is 104. The van der Waals surface area contributed by atoms with Crippen molar-refractivity contribution in [3.05, 3.63) is 202 Å². The van der Waals surface area contributed by atoms with Crippen LogP contribution in [-0.2, 0) is 70.4 Å². The third-order valence-corrected chi connectivity index (χ3v) is 25.5. The van der Waals surface area contributed by atoms with Gasteiger partial charge >= 0.3 is 30.4 Å². The zero-order valence-corrected chi connectivity index (χ0v) is 71.7. The third-order valence-electron chi connectivity index (χ3n) is 25.5. The molecule has 7 aromatic rings. The predicted molar refractivity (Wildman–Crippen MR) is 463 cm³/mol. The maximum atomic E-state index is 14.4. The Balaban J connectivity index is 0.000000154. The molecule has 7 atom stereocenters. The lowest BCUT2D eigenvalue weighted by Gasteiger charge is -2.41. The largest absolute Gasteiger partial charge is 0.462 e. The number of benzene rings is 3. The molecule has 9 aliphatic heterocycles. The second-order valence-electron chi connectivity index (χ2n) is 33.1. The number of rotatable bonds is 22. The van der Waals surface area contributed by atoms with Gasteiger partial charge in [-0.3, -0.25) is 24.3 Å². The Kier molecular flexibility index (Phi) is 28.9. The molecule has 0 bridgehead atoms. The number of methoxy groups -OCH3 is 1. The zero-order chi connectivity index (χ0) is 90.0. The van der Waals surface area contributed by atoms with E-state index in [1.54, 1.807) is 21.8 Å². The molecule has 1 unspecified atom stereocenters. The van der Waals surface area contributed by atoms with Gasteiger partial charge in [-0.2, -0.15) is 56.2 Å². The molecule has 29 nitrogen and oxygen atoms in total. The van der Waals surface area contributed by atoms with Gasteiger partial charge in [-0.05, 0) is 127 Å². The van der Waals surface area contributed by atoms with E-state index in [2.05, 4.69) is 123 Å². The van der Waals surface area contributed by atoms with Crippen LogP contribution in [0.25, 0.3) is 25.3 Å². The molecule has 37 heteroatoms. The van der Waals surface area contributed by atoms with Crippen molar-refractivity contribution in [3.63, 3.8) is 0 Å². The van der Waals surface area contributed by atoms with Crippen molar-refractivity contribution in [2.75, 3.05) is 195 Å². The number of piperazine rings is 3. The Morgan fingerprint density at radius 3 is 1.27 bits per heavy atom. The van der Waals surface area contributed by atoms with Gasteiger partial charge in [0.05, 0.1) is 66.6 Å². The molecule has 0 N–H and O–H groups in total. The predicted octanol–water partition coefficient (Wildman–Crippen LogP) is 10.4. The van der Waals surface area contributed by atoms with Gasteiger partial charge in [-0.25, -0.2) is 28.5 Å². The van der Waals surface area contributed by atoms with Crippen LogP contribution in [0.1, 0.15) is 77.0 Å². The second-order valence-corrected chi connectivity index (χ2v) is 33.1. The number of halogens is 8. The van der Waals surface area contributed by atoms with Crippen LogP contribution in [-0.4, -0.2) is 290 Å². The highest BCUT2D eigenvalue weighted by Crippen LogP contribution is 2.44. The Morgan fingerprint density at radius 2 is 0.858 bits per heavy atom. The number of anilines is 6. The number of fused-ring (bicyclic) bond motifs is 4. The monoisotopic (exact) mass is 1760 g/mol. The smallest absolute Gasteiger partial charge is 0.421 e. The number of aromatic nitrogens is 7. The SMILES string of the molecule is [C-]#[N+]CC1CN(c2nc(OC[C@@H]3C[C@@H](OC)CN3C)nc3c2CCN(c2cccc4ccccc24)C3)CCN1C(=O)C=C.[C-]#[N+]C[C@H]1CN(c2nc(OC[C@@H]3CCCN3C)nc3c2CCN(c2cncc(F)c2C(F)(F)F)C3)CCN1C(=O)C=C.[C-]#[N+]C[C@H]1CN(c2nc(OC[C@H]3CCCN3C)nc3c2CCN(c2cccc(F)c2C(F)(F)F)C3)CCN1C(=O)C=C. The summed E-state index contributed by atoms with van der Waals surface area (Å²) < 4.78 is 136. The zero-order valence-electron chi connectivity index (χ0n) is 71.7. The number of carbonyl (C=O) groups excluding carboxylic acids is 3. The van der Waals surface area contributed by atoms with Gasteiger partial charge in [-0.1, -0.05) is 62.2 Å². The summed E-state index contributed by atoms with van der Waals surface area (Å²) in [5, 5.41) is 2.44. The average Bonchev–Trinajstić information content (AvgIpc) is 0.967. The molecule has 127 heavy (non-hydrogen) atoms. The molecule has 13 heterocycles. The lowest BCUT2D eigenvalue weighted by Crippen LogP contribution is -2.56. The number of alkyl halides is 6. The Hall–Kier alpha value is -12.1. The van der Waals surface area contributed by atoms with Gasteiger partial charge in [0.1, 0.15) is 72.3 Å². The highest BCUT2D eigenvalue weighted by Gasteiger charge is 2.45. The van der Waals surface area contributed by atoms with E-state index in [1.165, 1.54) is 56.6 Å². The first-order valence-corrected chi connectivity index (χ1v) is 42.7. The van der Waals surface area contributed by atoms with E-state index in [1.807, 2.05) is 23.9 Å². The van der Waals surface area contributed by atoms with Crippen LogP contribution in [0.4, 0.5) is 69.6 Å². The summed E-state index contributed by atoms with van der Waals surface area (Å²) in [6, 6.07) is 18.5. The van der Waals surface area contributed by atoms with Crippen LogP contribution >= 0.6 is 0 Å². The second kappa shape index (κ2) is 40.3. The molecular weight excluding hydrogens is 1650 g/mol. The number of hydrogen-bond donors (Lipinski definition) is 0. The molecule has 16 rings (SSSR count). The van der Waals surface area contributed by atoms with Crippen LogP contribution in [0.3, 0.4) is 0 Å². The Morgan fingerprint density at radius 1 is 0.457 bits per heavy atom. The molecule has 0 radical (unpaired) electrons. The van der Waals surface area contributed by atoms with Gasteiger partial charge in [0.15, 0.2) is 5.82 Å². The van der Waals surface area contributed by atoms with Crippen molar-refractivity contribution >= 4 is 63.0 Å². The summed E-state index contributed by atoms with van der Waals surface area (Å²) >= 11 is 0. The van der Waals surface area contributed by atoms with Crippen LogP contribution in [0.5, 0.6) is 18.0 Å². The maximum Gasteiger partial charge on any atom is 0.421 e. The Labute approximate surface area is 733 Å². The quantitative estimate of drug-likeness (QED) is 0.0349. The summed E-state index contributed by atoms with van der Waals surface area (Å²) in [5.74, 6) is -1.38. The summed E-state index contributed by atoms with van der Waals surface area (Å²) in [6.07, 6.45) is 2.17. The molecule has 672 valence electrons. The van der Waals surface area contributed by atoms with E-state index in [0.29, 0.717) is 133 Å². The number of ether oxygens (including phenoxy) is 4. The molecule has 0 saturated carbocycles. The van der Waals surface area contributed by atoms with Gasteiger partial charge < -0.3 is 87.4 Å². The topological polar surface area (TPSA) is 230 Å². The molecule has 0 spiro atoms. The molecule has 3 amide bonds. The first-order valence-electron chi connectivity index (χ1n) is 42.7. The number of pyridine rings is 1. The lowest BCUT2D eigenvalue weighted by molar-refractivity contribution is -0.140. The molecule has 3 aromatic carbocycles. The number of carbonyl (C=O) groups is 3. The van der Waals surface area contributed by atoms with E-state index >= 15 is 0 Å². The van der Waals surface area contributed by atoms with E-state index in [0.717, 1.165) is 105 Å². The minimum Gasteiger partial charge on any atom is -0.462 e. The molecule has 6 fully saturated rings. The highest BCUT2D eigenvalue weighted by atomic mass is 19.4. The minimum absolute atomic E-state index is 0.0114. The van der Waals surface area contributed by atoms with Crippen molar-refractivity contribution in [2.45, 2.75) is 126 Å². The lowest BCUT2D eigenvalue weighted by atomic mass is 10.0. The number of hydrogen-bond acceptors (Lipinski definition) is 23. The number of likely N-dealkylation sites (N-methyl/N-ethyl adjacent to an activating group) is 3. The molecule has 4 aromatic heterocycles. The van der Waals surface area contributed by atoms with Crippen molar-refractivity contribution in [1.82, 2.24) is 64.3 Å². The van der Waals surface area contributed by atoms with E-state index in [-0.39, 0.29) is 123 Å². The average molecular weight is 1760 g/mol. The van der Waals surface area contributed by atoms with Crippen molar-refractivity contribution < 1.29 is 68.5 Å². The fourth-order valence-electron chi connectivity index (χ4n) is 18.7. The minimum atomic E-state index is -4.90. The van der Waals surface area contributed by atoms with E-state index in [4.69, 9.17) is 58.6 Å². The Bertz CT molecular complexity index is 5110. The molecule has 9 aliphatic rings. The highest BCUT2D eigenvalue weighted by molar-refractivity contribution is 5.94.